The second kappa shape index (κ2) is 9.98. The van der Waals surface area contributed by atoms with Gasteiger partial charge in [0.05, 0.1) is 20.8 Å². The number of hydrogen-bond acceptors (Lipinski definition) is 6. The molecule has 1 heterocycles. The summed E-state index contributed by atoms with van der Waals surface area (Å²) in [6.07, 6.45) is 0.587. The highest BCUT2D eigenvalue weighted by atomic mass is 16.5. The van der Waals surface area contributed by atoms with Gasteiger partial charge in [0.25, 0.3) is 0 Å². The molecule has 1 fully saturated rings. The first-order valence-electron chi connectivity index (χ1n) is 8.70. The summed E-state index contributed by atoms with van der Waals surface area (Å²) in [4.78, 5) is 27.9. The van der Waals surface area contributed by atoms with E-state index in [1.165, 1.54) is 0 Å². The van der Waals surface area contributed by atoms with E-state index in [2.05, 4.69) is 10.2 Å². The van der Waals surface area contributed by atoms with Crippen LogP contribution < -0.4 is 14.8 Å². The van der Waals surface area contributed by atoms with E-state index in [1.54, 1.807) is 19.1 Å². The normalized spacial score (nSPS) is 14.8. The lowest BCUT2D eigenvalue weighted by Crippen LogP contribution is -2.53. The summed E-state index contributed by atoms with van der Waals surface area (Å²) < 4.78 is 10.4. The topological polar surface area (TPSA) is 91.3 Å². The van der Waals surface area contributed by atoms with Gasteiger partial charge in [-0.3, -0.25) is 14.5 Å². The van der Waals surface area contributed by atoms with Crippen molar-refractivity contribution in [3.05, 3.63) is 23.8 Å². The van der Waals surface area contributed by atoms with Gasteiger partial charge in [-0.15, -0.1) is 0 Å². The van der Waals surface area contributed by atoms with Crippen molar-refractivity contribution < 1.29 is 24.2 Å². The molecule has 0 atom stereocenters. The van der Waals surface area contributed by atoms with Crippen LogP contribution in [-0.2, 0) is 16.0 Å². The van der Waals surface area contributed by atoms with Gasteiger partial charge in [0.15, 0.2) is 11.5 Å². The molecule has 1 aliphatic rings. The maximum absolute atomic E-state index is 12.2. The average Bonchev–Trinajstić information content (AvgIpc) is 2.68. The van der Waals surface area contributed by atoms with Crippen LogP contribution in [0.4, 0.5) is 0 Å². The molecule has 8 heteroatoms. The van der Waals surface area contributed by atoms with Crippen molar-refractivity contribution in [1.29, 1.82) is 0 Å². The van der Waals surface area contributed by atoms with Gasteiger partial charge >= 0.3 is 11.8 Å². The summed E-state index contributed by atoms with van der Waals surface area (Å²) >= 11 is 0. The molecule has 1 aromatic rings. The fourth-order valence-electron chi connectivity index (χ4n) is 2.89. The van der Waals surface area contributed by atoms with Gasteiger partial charge in [-0.1, -0.05) is 6.07 Å². The van der Waals surface area contributed by atoms with Crippen LogP contribution in [-0.4, -0.2) is 86.8 Å². The van der Waals surface area contributed by atoms with Gasteiger partial charge in [-0.25, -0.2) is 0 Å². The number of nitrogens with zero attached hydrogens (tertiary/aromatic N) is 2. The number of rotatable bonds is 7. The Morgan fingerprint density at radius 1 is 1.12 bits per heavy atom. The second-order valence-corrected chi connectivity index (χ2v) is 6.05. The van der Waals surface area contributed by atoms with Crippen LogP contribution in [0.1, 0.15) is 5.56 Å². The fourth-order valence-corrected chi connectivity index (χ4v) is 2.89. The number of aliphatic hydroxyl groups is 1. The Balaban J connectivity index is 1.77. The van der Waals surface area contributed by atoms with Crippen LogP contribution >= 0.6 is 0 Å². The van der Waals surface area contributed by atoms with Crippen LogP contribution in [0, 0.1) is 0 Å². The largest absolute Gasteiger partial charge is 0.493 e. The van der Waals surface area contributed by atoms with E-state index in [9.17, 15) is 9.59 Å². The van der Waals surface area contributed by atoms with Gasteiger partial charge in [0, 0.05) is 39.3 Å². The van der Waals surface area contributed by atoms with Crippen LogP contribution in [0.5, 0.6) is 11.5 Å². The molecule has 0 radical (unpaired) electrons. The molecule has 2 N–H and O–H groups in total. The molecule has 144 valence electrons. The summed E-state index contributed by atoms with van der Waals surface area (Å²) in [5.74, 6) is 0.200. The van der Waals surface area contributed by atoms with Crippen molar-refractivity contribution in [3.63, 3.8) is 0 Å². The number of nitrogens with one attached hydrogen (secondary N) is 1. The minimum Gasteiger partial charge on any atom is -0.493 e. The molecular weight excluding hydrogens is 338 g/mol. The molecule has 0 aromatic heterocycles. The summed E-state index contributed by atoms with van der Waals surface area (Å²) in [7, 11) is 3.15. The second-order valence-electron chi connectivity index (χ2n) is 6.05. The lowest BCUT2D eigenvalue weighted by atomic mass is 10.1. The lowest BCUT2D eigenvalue weighted by Gasteiger charge is -2.33. The van der Waals surface area contributed by atoms with E-state index in [0.717, 1.165) is 5.56 Å². The number of carbonyl (C=O) groups excluding carboxylic acids is 2. The Hall–Kier alpha value is -2.32. The Morgan fingerprint density at radius 3 is 2.42 bits per heavy atom. The predicted molar refractivity (Wildman–Crippen MR) is 96.4 cm³/mol. The number of β-amino-alcohol motifs (C(OH)–C–C–N with tert-alkyl or cyclic N) is 1. The molecule has 1 saturated heterocycles. The first-order chi connectivity index (χ1) is 12.6. The minimum atomic E-state index is -0.582. The smallest absolute Gasteiger partial charge is 0.311 e. The number of ether oxygens (including phenoxy) is 2. The molecule has 2 amide bonds. The van der Waals surface area contributed by atoms with Gasteiger partial charge in [-0.2, -0.15) is 0 Å². The number of hydrogen-bond donors (Lipinski definition) is 2. The molecule has 0 bridgehead atoms. The Labute approximate surface area is 153 Å². The highest BCUT2D eigenvalue weighted by Gasteiger charge is 2.25. The SMILES string of the molecule is COc1ccc(CCNC(=O)C(=O)N2CCN(CCO)CC2)cc1OC. The Morgan fingerprint density at radius 2 is 1.81 bits per heavy atom. The van der Waals surface area contributed by atoms with Crippen LogP contribution in [0.15, 0.2) is 18.2 Å². The van der Waals surface area contributed by atoms with Crippen molar-refractivity contribution in [3.8, 4) is 11.5 Å². The predicted octanol–water partition coefficient (Wildman–Crippen LogP) is -0.501. The molecule has 0 saturated carbocycles. The molecule has 1 aliphatic heterocycles. The van der Waals surface area contributed by atoms with Crippen molar-refractivity contribution in [2.24, 2.45) is 0 Å². The fraction of sp³-hybridized carbons (Fsp3) is 0.556. The summed E-state index contributed by atoms with van der Waals surface area (Å²) in [5, 5.41) is 11.6. The Kier molecular flexibility index (Phi) is 7.68. The van der Waals surface area contributed by atoms with Gasteiger partial charge in [-0.05, 0) is 24.1 Å². The van der Waals surface area contributed by atoms with E-state index in [0.29, 0.717) is 57.2 Å². The molecule has 0 spiro atoms. The zero-order chi connectivity index (χ0) is 18.9. The third-order valence-electron chi connectivity index (χ3n) is 4.42. The molecule has 8 nitrogen and oxygen atoms in total. The maximum atomic E-state index is 12.2. The Bertz CT molecular complexity index is 615. The highest BCUT2D eigenvalue weighted by Crippen LogP contribution is 2.27. The lowest BCUT2D eigenvalue weighted by molar-refractivity contribution is -0.147. The zero-order valence-electron chi connectivity index (χ0n) is 15.4. The van der Waals surface area contributed by atoms with Crippen LogP contribution in [0.25, 0.3) is 0 Å². The van der Waals surface area contributed by atoms with Gasteiger partial charge < -0.3 is 24.8 Å². The maximum Gasteiger partial charge on any atom is 0.311 e. The van der Waals surface area contributed by atoms with E-state index in [-0.39, 0.29) is 6.61 Å². The average molecular weight is 365 g/mol. The van der Waals surface area contributed by atoms with E-state index >= 15 is 0 Å². The molecule has 0 unspecified atom stereocenters. The van der Waals surface area contributed by atoms with Crippen molar-refractivity contribution >= 4 is 11.8 Å². The van der Waals surface area contributed by atoms with Crippen molar-refractivity contribution in [1.82, 2.24) is 15.1 Å². The number of piperazine rings is 1. The number of methoxy groups -OCH3 is 2. The summed E-state index contributed by atoms with van der Waals surface area (Å²) in [5.41, 5.74) is 0.980. The van der Waals surface area contributed by atoms with Crippen LogP contribution in [0.3, 0.4) is 0 Å². The highest BCUT2D eigenvalue weighted by molar-refractivity contribution is 6.35. The summed E-state index contributed by atoms with van der Waals surface area (Å²) in [6, 6.07) is 5.57. The minimum absolute atomic E-state index is 0.102. The van der Waals surface area contributed by atoms with Crippen molar-refractivity contribution in [2.45, 2.75) is 6.42 Å². The third kappa shape index (κ3) is 5.34. The first kappa shape index (κ1) is 20.0. The van der Waals surface area contributed by atoms with Gasteiger partial charge in [0.1, 0.15) is 0 Å². The van der Waals surface area contributed by atoms with E-state index in [4.69, 9.17) is 14.6 Å². The third-order valence-corrected chi connectivity index (χ3v) is 4.42. The monoisotopic (exact) mass is 365 g/mol. The molecule has 26 heavy (non-hydrogen) atoms. The number of carbonyl (C=O) groups is 2. The zero-order valence-corrected chi connectivity index (χ0v) is 15.4. The molecule has 0 aliphatic carbocycles. The van der Waals surface area contributed by atoms with Crippen molar-refractivity contribution in [2.75, 3.05) is 60.1 Å². The van der Waals surface area contributed by atoms with Crippen LogP contribution in [0.2, 0.25) is 0 Å². The molecule has 2 rings (SSSR count). The molecular formula is C18H27N3O5. The number of benzene rings is 1. The number of amides is 2. The van der Waals surface area contributed by atoms with Gasteiger partial charge in [0.2, 0.25) is 0 Å². The van der Waals surface area contributed by atoms with E-state index in [1.807, 2.05) is 18.2 Å². The molecule has 1 aromatic carbocycles. The quantitative estimate of drug-likeness (QED) is 0.633. The summed E-state index contributed by atoms with van der Waals surface area (Å²) in [6.45, 7) is 3.41. The van der Waals surface area contributed by atoms with E-state index < -0.39 is 11.8 Å². The standard InChI is InChI=1S/C18H27N3O5/c1-25-15-4-3-14(13-16(15)26-2)5-6-19-17(23)18(24)21-9-7-20(8-10-21)11-12-22/h3-4,13,22H,5-12H2,1-2H3,(H,19,23). The number of aliphatic hydroxyl groups excluding tert-OH is 1. The first-order valence-corrected chi connectivity index (χ1v) is 8.70.